The second-order valence-corrected chi connectivity index (χ2v) is 5.78. The molecule has 0 aliphatic rings. The Bertz CT molecular complexity index is 330. The topological polar surface area (TPSA) is 75.7 Å². The summed E-state index contributed by atoms with van der Waals surface area (Å²) in [5, 5.41) is 0.506. The van der Waals surface area contributed by atoms with Crippen molar-refractivity contribution in [1.82, 2.24) is 9.03 Å². The number of carbonyl (C=O) groups excluding carboxylic acids is 1. The average Bonchev–Trinajstić information content (AvgIpc) is 2.28. The van der Waals surface area contributed by atoms with Crippen LogP contribution < -0.4 is 4.72 Å². The van der Waals surface area contributed by atoms with Crippen molar-refractivity contribution in [2.45, 2.75) is 32.7 Å². The molecule has 0 rings (SSSR count). The summed E-state index contributed by atoms with van der Waals surface area (Å²) in [7, 11) is -2.72. The Kier molecular flexibility index (Phi) is 7.73. The molecule has 1 N–H and O–H groups in total. The fourth-order valence-electron chi connectivity index (χ4n) is 1.48. The third kappa shape index (κ3) is 5.22. The molecule has 0 heterocycles. The fourth-order valence-corrected chi connectivity index (χ4v) is 3.53. The lowest BCUT2D eigenvalue weighted by molar-refractivity contribution is 0.176. The number of rotatable bonds is 7. The predicted octanol–water partition coefficient (Wildman–Crippen LogP) is 1.47. The van der Waals surface area contributed by atoms with Crippen LogP contribution in [0.25, 0.3) is 0 Å². The van der Waals surface area contributed by atoms with Gasteiger partial charge >= 0.3 is 16.3 Å². The molecule has 0 unspecified atom stereocenters. The molecule has 0 atom stereocenters. The van der Waals surface area contributed by atoms with Gasteiger partial charge in [-0.3, -0.25) is 0 Å². The highest BCUT2D eigenvalue weighted by Gasteiger charge is 2.29. The van der Waals surface area contributed by atoms with Crippen LogP contribution in [0.3, 0.4) is 0 Å². The highest BCUT2D eigenvalue weighted by atomic mass is 79.9. The van der Waals surface area contributed by atoms with Crippen molar-refractivity contribution < 1.29 is 17.9 Å². The summed E-state index contributed by atoms with van der Waals surface area (Å²) in [6.07, 6.45) is 0.396. The molecule has 0 spiro atoms. The van der Waals surface area contributed by atoms with E-state index < -0.39 is 16.3 Å². The summed E-state index contributed by atoms with van der Waals surface area (Å²) in [4.78, 5) is 11.0. The van der Waals surface area contributed by atoms with E-state index >= 15 is 0 Å². The minimum atomic E-state index is -3.84. The molecule has 102 valence electrons. The van der Waals surface area contributed by atoms with Gasteiger partial charge < -0.3 is 4.74 Å². The quantitative estimate of drug-likeness (QED) is 0.717. The van der Waals surface area contributed by atoms with Crippen molar-refractivity contribution in [2.24, 2.45) is 0 Å². The van der Waals surface area contributed by atoms with Crippen LogP contribution in [0, 0.1) is 0 Å². The maximum absolute atomic E-state index is 11.9. The van der Waals surface area contributed by atoms with Gasteiger partial charge in [-0.25, -0.2) is 9.52 Å². The molecule has 0 saturated heterocycles. The molecule has 0 saturated carbocycles. The zero-order valence-corrected chi connectivity index (χ0v) is 12.7. The molecule has 0 bridgehead atoms. The van der Waals surface area contributed by atoms with Crippen LogP contribution in [0.2, 0.25) is 0 Å². The Morgan fingerprint density at radius 3 is 2.29 bits per heavy atom. The molecule has 1 amide bonds. The SMILES string of the molecule is CCC(CC)N(CCBr)S(=O)(=O)NC(=O)OC. The van der Waals surface area contributed by atoms with E-state index in [-0.39, 0.29) is 6.04 Å². The molecule has 0 aromatic heterocycles. The lowest BCUT2D eigenvalue weighted by atomic mass is 10.2. The maximum atomic E-state index is 11.9. The van der Waals surface area contributed by atoms with Crippen molar-refractivity contribution in [1.29, 1.82) is 0 Å². The maximum Gasteiger partial charge on any atom is 0.421 e. The van der Waals surface area contributed by atoms with E-state index in [4.69, 9.17) is 0 Å². The number of hydrogen-bond donors (Lipinski definition) is 1. The fraction of sp³-hybridized carbons (Fsp3) is 0.889. The smallest absolute Gasteiger partial charge is 0.421 e. The number of ether oxygens (including phenoxy) is 1. The number of carbonyl (C=O) groups is 1. The summed E-state index contributed by atoms with van der Waals surface area (Å²) in [6, 6.07) is -0.130. The highest BCUT2D eigenvalue weighted by molar-refractivity contribution is 9.09. The minimum Gasteiger partial charge on any atom is -0.452 e. The largest absolute Gasteiger partial charge is 0.452 e. The van der Waals surface area contributed by atoms with Crippen molar-refractivity contribution in [3.05, 3.63) is 0 Å². The van der Waals surface area contributed by atoms with Gasteiger partial charge in [-0.05, 0) is 12.8 Å². The van der Waals surface area contributed by atoms with Gasteiger partial charge in [-0.15, -0.1) is 0 Å². The molecule has 0 radical (unpaired) electrons. The summed E-state index contributed by atoms with van der Waals surface area (Å²) in [6.45, 7) is 4.12. The molecule has 17 heavy (non-hydrogen) atoms. The number of hydrogen-bond acceptors (Lipinski definition) is 4. The van der Waals surface area contributed by atoms with Crippen molar-refractivity contribution in [3.63, 3.8) is 0 Å². The van der Waals surface area contributed by atoms with Crippen LogP contribution in [-0.2, 0) is 14.9 Å². The zero-order chi connectivity index (χ0) is 13.5. The van der Waals surface area contributed by atoms with Gasteiger partial charge in [0.2, 0.25) is 0 Å². The first-order chi connectivity index (χ1) is 7.92. The summed E-state index contributed by atoms with van der Waals surface area (Å²) >= 11 is 3.20. The second-order valence-electron chi connectivity index (χ2n) is 3.37. The van der Waals surface area contributed by atoms with Crippen molar-refractivity contribution in [3.8, 4) is 0 Å². The minimum absolute atomic E-state index is 0.130. The van der Waals surface area contributed by atoms with Crippen molar-refractivity contribution >= 4 is 32.2 Å². The van der Waals surface area contributed by atoms with Crippen LogP contribution in [-0.4, -0.2) is 43.8 Å². The monoisotopic (exact) mass is 330 g/mol. The van der Waals surface area contributed by atoms with E-state index in [1.165, 1.54) is 4.31 Å². The zero-order valence-electron chi connectivity index (χ0n) is 10.3. The summed E-state index contributed by atoms with van der Waals surface area (Å²) < 4.78 is 31.3. The van der Waals surface area contributed by atoms with Gasteiger partial charge in [0.25, 0.3) is 0 Å². The third-order valence-electron chi connectivity index (χ3n) is 2.36. The molecule has 0 fully saturated rings. The first-order valence-electron chi connectivity index (χ1n) is 5.36. The number of methoxy groups -OCH3 is 1. The van der Waals surface area contributed by atoms with Crippen LogP contribution in [0.1, 0.15) is 26.7 Å². The van der Waals surface area contributed by atoms with Gasteiger partial charge in [-0.2, -0.15) is 12.7 Å². The Labute approximate surface area is 111 Å². The highest BCUT2D eigenvalue weighted by Crippen LogP contribution is 2.13. The van der Waals surface area contributed by atoms with E-state index in [9.17, 15) is 13.2 Å². The van der Waals surface area contributed by atoms with E-state index in [0.29, 0.717) is 24.7 Å². The Morgan fingerprint density at radius 2 is 1.94 bits per heavy atom. The van der Waals surface area contributed by atoms with E-state index in [2.05, 4.69) is 20.7 Å². The number of halogens is 1. The van der Waals surface area contributed by atoms with Gasteiger partial charge in [0.15, 0.2) is 0 Å². The Hall–Kier alpha value is -0.340. The first-order valence-corrected chi connectivity index (χ1v) is 7.92. The number of nitrogens with one attached hydrogen (secondary N) is 1. The molecule has 8 heteroatoms. The lowest BCUT2D eigenvalue weighted by Crippen LogP contribution is -2.48. The molecule has 0 aromatic rings. The summed E-state index contributed by atoms with van der Waals surface area (Å²) in [5.74, 6) is 0. The van der Waals surface area contributed by atoms with Crippen LogP contribution in [0.15, 0.2) is 0 Å². The summed E-state index contributed by atoms with van der Waals surface area (Å²) in [5.41, 5.74) is 0. The standard InChI is InChI=1S/C9H19BrN2O4S/c1-4-8(5-2)12(7-6-10)17(14,15)11-9(13)16-3/h8H,4-7H2,1-3H3,(H,11,13). The molecule has 0 aromatic carbocycles. The first kappa shape index (κ1) is 16.7. The van der Waals surface area contributed by atoms with Crippen LogP contribution in [0.5, 0.6) is 0 Å². The van der Waals surface area contributed by atoms with Gasteiger partial charge in [0.1, 0.15) is 0 Å². The Morgan fingerprint density at radius 1 is 1.41 bits per heavy atom. The van der Waals surface area contributed by atoms with Gasteiger partial charge in [0, 0.05) is 17.9 Å². The Balaban J connectivity index is 4.96. The predicted molar refractivity (Wildman–Crippen MR) is 69.3 cm³/mol. The third-order valence-corrected chi connectivity index (χ3v) is 4.24. The molecule has 0 aliphatic heterocycles. The van der Waals surface area contributed by atoms with Gasteiger partial charge in [0.05, 0.1) is 7.11 Å². The van der Waals surface area contributed by atoms with Crippen LogP contribution in [0.4, 0.5) is 4.79 Å². The van der Waals surface area contributed by atoms with Crippen LogP contribution >= 0.6 is 15.9 Å². The number of alkyl halides is 1. The van der Waals surface area contributed by atoms with E-state index in [1.807, 2.05) is 18.6 Å². The van der Waals surface area contributed by atoms with E-state index in [1.54, 1.807) is 0 Å². The molecular formula is C9H19BrN2O4S. The van der Waals surface area contributed by atoms with Crippen molar-refractivity contribution in [2.75, 3.05) is 19.0 Å². The normalized spacial score (nSPS) is 11.9. The molecule has 6 nitrogen and oxygen atoms in total. The average molecular weight is 331 g/mol. The number of nitrogens with zero attached hydrogens (tertiary/aromatic N) is 1. The second kappa shape index (κ2) is 7.88. The lowest BCUT2D eigenvalue weighted by Gasteiger charge is -2.28. The molecule has 0 aliphatic carbocycles. The number of amides is 1. The van der Waals surface area contributed by atoms with Gasteiger partial charge in [-0.1, -0.05) is 29.8 Å². The van der Waals surface area contributed by atoms with E-state index in [0.717, 1.165) is 7.11 Å². The molecular weight excluding hydrogens is 312 g/mol.